The minimum Gasteiger partial charge on any atom is -0.317 e. The fourth-order valence-electron chi connectivity index (χ4n) is 2.39. The maximum Gasteiger partial charge on any atom is 0.293 e. The molecule has 1 aromatic carbocycles. The number of likely N-dealkylation sites (N-methyl/N-ethyl adjacent to an activating group) is 1. The fourth-order valence-corrected chi connectivity index (χ4v) is 3.28. The Bertz CT molecular complexity index is 854. The number of hydrogen-bond acceptors (Lipinski definition) is 5. The number of aromatic nitrogens is 1. The standard InChI is InChI=1S/C16H13N3O4S/c1-2-17-15(20)14(24-16(17)21)10-13-4-3-9-18(13)11-5-7-12(8-6-11)19(22)23/h3-10H,2H2,1H3/b14-10+. The molecule has 24 heavy (non-hydrogen) atoms. The molecule has 0 N–H and O–H groups in total. The number of rotatable bonds is 4. The molecule has 1 aliphatic heterocycles. The van der Waals surface area contributed by atoms with Gasteiger partial charge < -0.3 is 4.57 Å². The Balaban J connectivity index is 1.94. The van der Waals surface area contributed by atoms with Gasteiger partial charge in [0, 0.05) is 36.3 Å². The van der Waals surface area contributed by atoms with Gasteiger partial charge in [0.25, 0.3) is 16.8 Å². The maximum absolute atomic E-state index is 12.2. The summed E-state index contributed by atoms with van der Waals surface area (Å²) in [7, 11) is 0. The van der Waals surface area contributed by atoms with Crippen LogP contribution in [0.4, 0.5) is 10.5 Å². The number of nitro benzene ring substituents is 1. The second-order valence-corrected chi connectivity index (χ2v) is 6.00. The minimum atomic E-state index is -0.457. The summed E-state index contributed by atoms with van der Waals surface area (Å²) in [5, 5.41) is 10.5. The van der Waals surface area contributed by atoms with Crippen LogP contribution in [0.3, 0.4) is 0 Å². The number of hydrogen-bond donors (Lipinski definition) is 0. The van der Waals surface area contributed by atoms with Crippen LogP contribution in [0.1, 0.15) is 12.6 Å². The Morgan fingerprint density at radius 3 is 2.50 bits per heavy atom. The molecule has 1 saturated heterocycles. The summed E-state index contributed by atoms with van der Waals surface area (Å²) >= 11 is 0.911. The molecular formula is C16H13N3O4S. The molecule has 0 atom stereocenters. The number of nitro groups is 1. The van der Waals surface area contributed by atoms with Crippen molar-refractivity contribution < 1.29 is 14.5 Å². The Morgan fingerprint density at radius 1 is 1.21 bits per heavy atom. The van der Waals surface area contributed by atoms with Crippen molar-refractivity contribution in [3.05, 3.63) is 63.3 Å². The van der Waals surface area contributed by atoms with Gasteiger partial charge in [0.2, 0.25) is 0 Å². The third-order valence-corrected chi connectivity index (χ3v) is 4.50. The van der Waals surface area contributed by atoms with Crippen molar-refractivity contribution in [2.45, 2.75) is 6.92 Å². The summed E-state index contributed by atoms with van der Waals surface area (Å²) in [6.07, 6.45) is 3.44. The first-order chi connectivity index (χ1) is 11.5. The average molecular weight is 343 g/mol. The highest BCUT2D eigenvalue weighted by atomic mass is 32.2. The van der Waals surface area contributed by atoms with Gasteiger partial charge in [0.15, 0.2) is 0 Å². The van der Waals surface area contributed by atoms with Gasteiger partial charge in [-0.15, -0.1) is 0 Å². The predicted octanol–water partition coefficient (Wildman–Crippen LogP) is 3.44. The van der Waals surface area contributed by atoms with Crippen molar-refractivity contribution in [2.24, 2.45) is 0 Å². The summed E-state index contributed by atoms with van der Waals surface area (Å²) in [4.78, 5) is 35.8. The van der Waals surface area contributed by atoms with Gasteiger partial charge in [-0.1, -0.05) is 0 Å². The van der Waals surface area contributed by atoms with E-state index in [9.17, 15) is 19.7 Å². The SMILES string of the molecule is CCN1C(=O)S/C(=C/c2cccn2-c2ccc([N+](=O)[O-])cc2)C1=O. The molecule has 1 aromatic heterocycles. The molecular weight excluding hydrogens is 330 g/mol. The highest BCUT2D eigenvalue weighted by Crippen LogP contribution is 2.32. The summed E-state index contributed by atoms with van der Waals surface area (Å²) in [6.45, 7) is 2.09. The molecule has 1 aliphatic rings. The lowest BCUT2D eigenvalue weighted by atomic mass is 10.2. The van der Waals surface area contributed by atoms with Gasteiger partial charge in [-0.3, -0.25) is 24.6 Å². The molecule has 0 saturated carbocycles. The van der Waals surface area contributed by atoms with E-state index in [0.717, 1.165) is 17.4 Å². The lowest BCUT2D eigenvalue weighted by Gasteiger charge is -2.08. The fraction of sp³-hybridized carbons (Fsp3) is 0.125. The first kappa shape index (κ1) is 16.0. The van der Waals surface area contributed by atoms with Gasteiger partial charge in [0.05, 0.1) is 9.83 Å². The van der Waals surface area contributed by atoms with Gasteiger partial charge in [-0.05, 0) is 49.0 Å². The van der Waals surface area contributed by atoms with Crippen LogP contribution in [0.25, 0.3) is 11.8 Å². The quantitative estimate of drug-likeness (QED) is 0.482. The van der Waals surface area contributed by atoms with E-state index >= 15 is 0 Å². The largest absolute Gasteiger partial charge is 0.317 e. The van der Waals surface area contributed by atoms with E-state index < -0.39 is 4.92 Å². The van der Waals surface area contributed by atoms with Gasteiger partial charge in [-0.2, -0.15) is 0 Å². The number of imide groups is 1. The molecule has 3 rings (SSSR count). The molecule has 2 heterocycles. The van der Waals surface area contributed by atoms with E-state index in [2.05, 4.69) is 0 Å². The molecule has 0 radical (unpaired) electrons. The summed E-state index contributed by atoms with van der Waals surface area (Å²) in [5.74, 6) is -0.302. The number of thioether (sulfide) groups is 1. The van der Waals surface area contributed by atoms with E-state index in [1.807, 2.05) is 0 Å². The van der Waals surface area contributed by atoms with Crippen molar-refractivity contribution in [3.63, 3.8) is 0 Å². The summed E-state index contributed by atoms with van der Waals surface area (Å²) < 4.78 is 1.80. The Kier molecular flexibility index (Phi) is 4.22. The number of nitrogens with zero attached hydrogens (tertiary/aromatic N) is 3. The van der Waals surface area contributed by atoms with Crippen molar-refractivity contribution in [3.8, 4) is 5.69 Å². The summed E-state index contributed by atoms with van der Waals surface area (Å²) in [6, 6.07) is 9.72. The van der Waals surface area contributed by atoms with E-state index in [1.165, 1.54) is 17.0 Å². The zero-order chi connectivity index (χ0) is 17.3. The average Bonchev–Trinajstić information content (AvgIpc) is 3.12. The summed E-state index contributed by atoms with van der Waals surface area (Å²) in [5.41, 5.74) is 1.45. The number of carbonyl (C=O) groups is 2. The molecule has 122 valence electrons. The van der Waals surface area contributed by atoms with Crippen LogP contribution in [0.5, 0.6) is 0 Å². The molecule has 0 spiro atoms. The van der Waals surface area contributed by atoms with E-state index in [4.69, 9.17) is 0 Å². The van der Waals surface area contributed by atoms with E-state index in [-0.39, 0.29) is 16.8 Å². The van der Waals surface area contributed by atoms with Crippen LogP contribution >= 0.6 is 11.8 Å². The smallest absolute Gasteiger partial charge is 0.293 e. The van der Waals surface area contributed by atoms with Crippen LogP contribution in [0, 0.1) is 10.1 Å². The van der Waals surface area contributed by atoms with Crippen LogP contribution in [-0.4, -0.2) is 32.1 Å². The van der Waals surface area contributed by atoms with Gasteiger partial charge in [-0.25, -0.2) is 0 Å². The zero-order valence-corrected chi connectivity index (χ0v) is 13.5. The topological polar surface area (TPSA) is 85.4 Å². The monoisotopic (exact) mass is 343 g/mol. The molecule has 0 aliphatic carbocycles. The third-order valence-electron chi connectivity index (χ3n) is 3.59. The van der Waals surface area contributed by atoms with Gasteiger partial charge >= 0.3 is 0 Å². The predicted molar refractivity (Wildman–Crippen MR) is 90.8 cm³/mol. The first-order valence-corrected chi connectivity index (χ1v) is 8.00. The van der Waals surface area contributed by atoms with Crippen molar-refractivity contribution in [1.82, 2.24) is 9.47 Å². The lowest BCUT2D eigenvalue weighted by Crippen LogP contribution is -2.27. The van der Waals surface area contributed by atoms with Crippen molar-refractivity contribution >= 4 is 34.7 Å². The second kappa shape index (κ2) is 6.32. The molecule has 2 aromatic rings. The Morgan fingerprint density at radius 2 is 1.92 bits per heavy atom. The molecule has 8 heteroatoms. The molecule has 2 amide bonds. The maximum atomic E-state index is 12.2. The minimum absolute atomic E-state index is 0.0107. The molecule has 1 fully saturated rings. The Labute approximate surface area is 141 Å². The number of carbonyl (C=O) groups excluding carboxylic acids is 2. The first-order valence-electron chi connectivity index (χ1n) is 7.19. The van der Waals surface area contributed by atoms with Crippen LogP contribution in [-0.2, 0) is 4.79 Å². The van der Waals surface area contributed by atoms with Crippen molar-refractivity contribution in [1.29, 1.82) is 0 Å². The number of non-ortho nitro benzene ring substituents is 1. The zero-order valence-electron chi connectivity index (χ0n) is 12.7. The number of amides is 2. The second-order valence-electron chi connectivity index (χ2n) is 5.00. The van der Waals surface area contributed by atoms with Crippen LogP contribution in [0.15, 0.2) is 47.5 Å². The van der Waals surface area contributed by atoms with Crippen LogP contribution in [0.2, 0.25) is 0 Å². The number of benzene rings is 1. The Hall–Kier alpha value is -2.87. The lowest BCUT2D eigenvalue weighted by molar-refractivity contribution is -0.384. The van der Waals surface area contributed by atoms with Crippen molar-refractivity contribution in [2.75, 3.05) is 6.54 Å². The molecule has 0 unspecified atom stereocenters. The molecule has 7 nitrogen and oxygen atoms in total. The highest BCUT2D eigenvalue weighted by Gasteiger charge is 2.33. The van der Waals surface area contributed by atoms with Gasteiger partial charge in [0.1, 0.15) is 0 Å². The highest BCUT2D eigenvalue weighted by molar-refractivity contribution is 8.18. The molecule has 0 bridgehead atoms. The normalized spacial score (nSPS) is 16.2. The third kappa shape index (κ3) is 2.83. The van der Waals surface area contributed by atoms with E-state index in [1.54, 1.807) is 48.0 Å². The van der Waals surface area contributed by atoms with E-state index in [0.29, 0.717) is 17.1 Å². The van der Waals surface area contributed by atoms with Crippen LogP contribution < -0.4 is 0 Å².